The Morgan fingerprint density at radius 1 is 1.34 bits per heavy atom. The predicted molar refractivity (Wildman–Crippen MR) is 127 cm³/mol. The number of H-pyrrole nitrogens is 1. The van der Waals surface area contributed by atoms with Gasteiger partial charge in [-0.05, 0) is 70.1 Å². The van der Waals surface area contributed by atoms with Crippen molar-refractivity contribution in [3.8, 4) is 0 Å². The van der Waals surface area contributed by atoms with Crippen LogP contribution in [-0.2, 0) is 11.3 Å². The molecule has 3 N–H and O–H groups in total. The van der Waals surface area contributed by atoms with Gasteiger partial charge in [0.1, 0.15) is 11.0 Å². The molecule has 32 heavy (non-hydrogen) atoms. The molecule has 1 amide bonds. The lowest BCUT2D eigenvalue weighted by Gasteiger charge is -2.62. The highest BCUT2D eigenvalue weighted by Crippen LogP contribution is 2.61. The number of aromatic amines is 1. The Balaban J connectivity index is 1.26. The summed E-state index contributed by atoms with van der Waals surface area (Å²) in [6, 6.07) is 5.72. The molecule has 2 aromatic heterocycles. The lowest BCUT2D eigenvalue weighted by atomic mass is 9.45. The number of anilines is 2. The summed E-state index contributed by atoms with van der Waals surface area (Å²) in [5.41, 5.74) is 3.04. The number of nitrogens with zero attached hydrogens (tertiary/aromatic N) is 3. The van der Waals surface area contributed by atoms with Crippen molar-refractivity contribution in [2.75, 3.05) is 10.6 Å². The highest BCUT2D eigenvalue weighted by atomic mass is 79.9. The van der Waals surface area contributed by atoms with Crippen LogP contribution in [0.2, 0.25) is 0 Å². The molecule has 3 saturated carbocycles. The molecule has 0 radical (unpaired) electrons. The number of hydrogen-bond acceptors (Lipinski definition) is 5. The van der Waals surface area contributed by atoms with Crippen molar-refractivity contribution in [2.24, 2.45) is 23.2 Å². The number of amides is 1. The third-order valence-electron chi connectivity index (χ3n) is 7.68. The van der Waals surface area contributed by atoms with E-state index in [0.29, 0.717) is 39.1 Å². The second-order valence-corrected chi connectivity index (χ2v) is 10.5. The zero-order chi connectivity index (χ0) is 22.6. The van der Waals surface area contributed by atoms with Gasteiger partial charge in [-0.15, -0.1) is 0 Å². The minimum atomic E-state index is -0.330. The molecule has 0 saturated heterocycles. The average molecular weight is 499 g/mol. The Morgan fingerprint density at radius 2 is 2.16 bits per heavy atom. The fraction of sp³-hybridized carbons (Fsp3) is 0.478. The van der Waals surface area contributed by atoms with E-state index in [1.165, 1.54) is 11.1 Å². The number of nitrogens with one attached hydrogen (secondary N) is 3. The van der Waals surface area contributed by atoms with Gasteiger partial charge in [0.25, 0.3) is 5.56 Å². The largest absolute Gasteiger partial charge is 0.380 e. The Morgan fingerprint density at radius 3 is 2.91 bits per heavy atom. The van der Waals surface area contributed by atoms with Gasteiger partial charge >= 0.3 is 0 Å². The molecule has 0 spiro atoms. The van der Waals surface area contributed by atoms with Crippen molar-refractivity contribution < 1.29 is 4.79 Å². The van der Waals surface area contributed by atoms with Crippen molar-refractivity contribution >= 4 is 44.2 Å². The van der Waals surface area contributed by atoms with Gasteiger partial charge < -0.3 is 15.6 Å². The molecule has 9 heteroatoms. The summed E-state index contributed by atoms with van der Waals surface area (Å²) in [4.78, 5) is 32.5. The first-order chi connectivity index (χ1) is 15.2. The highest BCUT2D eigenvalue weighted by molar-refractivity contribution is 9.10. The summed E-state index contributed by atoms with van der Waals surface area (Å²) in [7, 11) is 0. The van der Waals surface area contributed by atoms with Gasteiger partial charge in [-0.25, -0.2) is 9.67 Å². The van der Waals surface area contributed by atoms with E-state index in [1.807, 2.05) is 6.07 Å². The number of aromatic nitrogens is 4. The van der Waals surface area contributed by atoms with Crippen LogP contribution >= 0.6 is 15.9 Å². The van der Waals surface area contributed by atoms with Crippen LogP contribution in [0.3, 0.4) is 0 Å². The zero-order valence-corrected chi connectivity index (χ0v) is 19.9. The minimum absolute atomic E-state index is 0.170. The molecule has 3 aliphatic rings. The summed E-state index contributed by atoms with van der Waals surface area (Å²) < 4.78 is 1.58. The Labute approximate surface area is 194 Å². The molecular formula is C23H27BrN6O2. The molecule has 1 aromatic carbocycles. The zero-order valence-electron chi connectivity index (χ0n) is 18.4. The van der Waals surface area contributed by atoms with E-state index in [4.69, 9.17) is 0 Å². The second-order valence-electron chi connectivity index (χ2n) is 9.72. The first-order valence-corrected chi connectivity index (χ1v) is 11.8. The third-order valence-corrected chi connectivity index (χ3v) is 8.44. The van der Waals surface area contributed by atoms with E-state index >= 15 is 0 Å². The van der Waals surface area contributed by atoms with E-state index in [9.17, 15) is 9.59 Å². The first-order valence-electron chi connectivity index (χ1n) is 11.0. The van der Waals surface area contributed by atoms with Crippen molar-refractivity contribution in [1.29, 1.82) is 0 Å². The van der Waals surface area contributed by atoms with Crippen molar-refractivity contribution in [3.63, 3.8) is 0 Å². The Hall–Kier alpha value is -2.68. The summed E-state index contributed by atoms with van der Waals surface area (Å²) >= 11 is 3.43. The quantitative estimate of drug-likeness (QED) is 0.492. The van der Waals surface area contributed by atoms with Gasteiger partial charge in [-0.3, -0.25) is 9.59 Å². The molecule has 3 aliphatic carbocycles. The number of carbonyl (C=O) groups excluding carboxylic acids is 1. The summed E-state index contributed by atoms with van der Waals surface area (Å²) in [5, 5.41) is 10.6. The molecule has 8 nitrogen and oxygen atoms in total. The lowest BCUT2D eigenvalue weighted by molar-refractivity contribution is -0.117. The molecular weight excluding hydrogens is 472 g/mol. The minimum Gasteiger partial charge on any atom is -0.380 e. The van der Waals surface area contributed by atoms with Crippen LogP contribution in [0.5, 0.6) is 0 Å². The monoisotopic (exact) mass is 498 g/mol. The van der Waals surface area contributed by atoms with Crippen LogP contribution in [0.15, 0.2) is 40.0 Å². The number of imidazole rings is 1. The normalized spacial score (nSPS) is 25.9. The molecule has 0 aliphatic heterocycles. The SMILES string of the molecule is C[C@@H]1[C@H]2C[C@@H](C[C@H]1Nc1cnn(CC(=O)Nc3ccc4nc[nH]c4c3)c(=O)c1Br)C2(C)C. The standard InChI is InChI=1S/C23H27BrN6O2/c1-12-15-6-13(23(15,2)3)7-17(12)29-19-9-27-30(22(32)21(19)24)10-20(31)28-14-4-5-16-18(8-14)26-11-25-16/h4-5,8-9,11-13,15,17,29H,6-7,10H2,1-3H3,(H,25,26)(H,28,31)/t12-,13+,15-,17-/m1/s1. The fourth-order valence-electron chi connectivity index (χ4n) is 5.57. The van der Waals surface area contributed by atoms with Gasteiger partial charge in [0.05, 0.1) is 29.2 Å². The number of fused-ring (bicyclic) bond motifs is 3. The van der Waals surface area contributed by atoms with Crippen LogP contribution in [0.25, 0.3) is 11.0 Å². The van der Waals surface area contributed by atoms with Gasteiger partial charge in [-0.1, -0.05) is 20.8 Å². The highest BCUT2D eigenvalue weighted by Gasteiger charge is 2.56. The number of benzene rings is 1. The third kappa shape index (κ3) is 3.52. The predicted octanol–water partition coefficient (Wildman–Crippen LogP) is 4.00. The van der Waals surface area contributed by atoms with Crippen molar-refractivity contribution in [3.05, 3.63) is 45.5 Å². The van der Waals surface area contributed by atoms with E-state index in [1.54, 1.807) is 24.7 Å². The van der Waals surface area contributed by atoms with Crippen molar-refractivity contribution in [1.82, 2.24) is 19.7 Å². The molecule has 0 unspecified atom stereocenters. The topological polar surface area (TPSA) is 105 Å². The molecule has 2 bridgehead atoms. The molecule has 168 valence electrons. The van der Waals surface area contributed by atoms with Crippen LogP contribution in [0, 0.1) is 23.2 Å². The Kier molecular flexibility index (Phi) is 5.11. The molecule has 6 rings (SSSR count). The number of hydrogen-bond donors (Lipinski definition) is 3. The number of rotatable bonds is 5. The Bertz CT molecular complexity index is 1250. The maximum atomic E-state index is 12.8. The van der Waals surface area contributed by atoms with Crippen LogP contribution in [0.4, 0.5) is 11.4 Å². The fourth-order valence-corrected chi connectivity index (χ4v) is 5.99. The summed E-state index contributed by atoms with van der Waals surface area (Å²) in [6.07, 6.45) is 5.64. The van der Waals surface area contributed by atoms with E-state index in [2.05, 4.69) is 62.4 Å². The number of halogens is 1. The average Bonchev–Trinajstić information content (AvgIpc) is 3.22. The first kappa shape index (κ1) is 21.2. The van der Waals surface area contributed by atoms with Crippen molar-refractivity contribution in [2.45, 2.75) is 46.2 Å². The summed E-state index contributed by atoms with van der Waals surface area (Å²) in [5.74, 6) is 1.63. The maximum Gasteiger partial charge on any atom is 0.283 e. The van der Waals surface area contributed by atoms with E-state index in [-0.39, 0.29) is 18.0 Å². The molecule has 4 atom stereocenters. The van der Waals surface area contributed by atoms with Crippen LogP contribution in [0.1, 0.15) is 33.6 Å². The molecule has 3 fully saturated rings. The summed E-state index contributed by atoms with van der Waals surface area (Å²) in [6.45, 7) is 6.87. The number of carbonyl (C=O) groups is 1. The van der Waals surface area contributed by atoms with E-state index < -0.39 is 0 Å². The van der Waals surface area contributed by atoms with Gasteiger partial charge in [0.2, 0.25) is 5.91 Å². The molecule has 2 heterocycles. The van der Waals surface area contributed by atoms with Gasteiger partial charge in [0, 0.05) is 11.7 Å². The van der Waals surface area contributed by atoms with Gasteiger partial charge in [0.15, 0.2) is 0 Å². The maximum absolute atomic E-state index is 12.8. The second kappa shape index (κ2) is 7.72. The van der Waals surface area contributed by atoms with Crippen LogP contribution < -0.4 is 16.2 Å². The lowest BCUT2D eigenvalue weighted by Crippen LogP contribution is -2.58. The van der Waals surface area contributed by atoms with Gasteiger partial charge in [-0.2, -0.15) is 5.10 Å². The molecule has 3 aromatic rings. The van der Waals surface area contributed by atoms with E-state index in [0.717, 1.165) is 23.4 Å². The smallest absolute Gasteiger partial charge is 0.283 e. The van der Waals surface area contributed by atoms with Crippen LogP contribution in [-0.4, -0.2) is 31.7 Å².